The number of nitrogen functional groups attached to an aromatic ring is 1. The van der Waals surface area contributed by atoms with Gasteiger partial charge >= 0.3 is 0 Å². The molecule has 0 aliphatic rings. The normalized spacial score (nSPS) is 12.2. The summed E-state index contributed by atoms with van der Waals surface area (Å²) in [5, 5.41) is 2.91. The highest BCUT2D eigenvalue weighted by molar-refractivity contribution is 7.09. The molecule has 9 nitrogen and oxygen atoms in total. The van der Waals surface area contributed by atoms with Crippen molar-refractivity contribution in [2.75, 3.05) is 17.7 Å². The third-order valence-electron chi connectivity index (χ3n) is 4.21. The van der Waals surface area contributed by atoms with E-state index in [1.807, 2.05) is 20.8 Å². The highest BCUT2D eigenvalue weighted by atomic mass is 32.1. The minimum absolute atomic E-state index is 0.0358. The summed E-state index contributed by atoms with van der Waals surface area (Å²) in [4.78, 5) is 39.5. The van der Waals surface area contributed by atoms with Crippen molar-refractivity contribution >= 4 is 40.6 Å². The molecule has 1 aromatic heterocycles. The van der Waals surface area contributed by atoms with Gasteiger partial charge in [0.05, 0.1) is 12.8 Å². The topological polar surface area (TPSA) is 141 Å². The van der Waals surface area contributed by atoms with Gasteiger partial charge in [-0.2, -0.15) is 4.37 Å². The fraction of sp³-hybridized carbons (Fsp3) is 0.400. The van der Waals surface area contributed by atoms with Gasteiger partial charge < -0.3 is 21.5 Å². The van der Waals surface area contributed by atoms with E-state index in [2.05, 4.69) is 9.69 Å². The monoisotopic (exact) mass is 433 g/mol. The largest absolute Gasteiger partial charge is 0.497 e. The first kappa shape index (κ1) is 23.1. The van der Waals surface area contributed by atoms with Crippen molar-refractivity contribution in [3.63, 3.8) is 0 Å². The Labute approximate surface area is 179 Å². The van der Waals surface area contributed by atoms with Crippen molar-refractivity contribution < 1.29 is 19.1 Å². The number of carbonyl (C=O) groups is 3. The number of amides is 3. The lowest BCUT2D eigenvalue weighted by molar-refractivity contribution is -0.123. The number of nitrogens with zero attached hydrogens (tertiary/aromatic N) is 2. The van der Waals surface area contributed by atoms with E-state index >= 15 is 0 Å². The molecule has 0 spiro atoms. The predicted molar refractivity (Wildman–Crippen MR) is 117 cm³/mol. The third kappa shape index (κ3) is 5.07. The zero-order valence-corrected chi connectivity index (χ0v) is 18.5. The number of anilines is 2. The van der Waals surface area contributed by atoms with Gasteiger partial charge in [0, 0.05) is 17.3 Å². The van der Waals surface area contributed by atoms with E-state index in [1.165, 1.54) is 12.0 Å². The van der Waals surface area contributed by atoms with Crippen molar-refractivity contribution in [3.05, 3.63) is 34.8 Å². The Kier molecular flexibility index (Phi) is 7.04. The van der Waals surface area contributed by atoms with Crippen LogP contribution in [0.3, 0.4) is 0 Å². The smallest absolute Gasteiger partial charge is 0.272 e. The lowest BCUT2D eigenvalue weighted by atomic mass is 10.1. The van der Waals surface area contributed by atoms with Gasteiger partial charge in [-0.3, -0.25) is 19.3 Å². The van der Waals surface area contributed by atoms with E-state index in [1.54, 1.807) is 31.2 Å². The number of methoxy groups -OCH3 is 1. The van der Waals surface area contributed by atoms with Crippen molar-refractivity contribution in [1.29, 1.82) is 0 Å². The first-order chi connectivity index (χ1) is 14.0. The lowest BCUT2D eigenvalue weighted by Crippen LogP contribution is -2.54. The number of nitrogens with two attached hydrogens (primary N) is 2. The average molecular weight is 434 g/mol. The summed E-state index contributed by atoms with van der Waals surface area (Å²) in [5.41, 5.74) is 10.9. The second-order valence-corrected chi connectivity index (χ2v) is 8.45. The van der Waals surface area contributed by atoms with Crippen LogP contribution in [0.25, 0.3) is 0 Å². The molecule has 0 saturated heterocycles. The summed E-state index contributed by atoms with van der Waals surface area (Å²) in [6, 6.07) is 5.96. The van der Waals surface area contributed by atoms with Crippen LogP contribution in [0.4, 0.5) is 11.4 Å². The van der Waals surface area contributed by atoms with E-state index in [0.29, 0.717) is 17.9 Å². The molecule has 30 heavy (non-hydrogen) atoms. The Balaban J connectivity index is 2.59. The molecule has 1 atom stereocenters. The molecule has 2 aromatic rings. The van der Waals surface area contributed by atoms with Crippen molar-refractivity contribution in [2.24, 2.45) is 5.73 Å². The molecule has 2 rings (SSSR count). The van der Waals surface area contributed by atoms with Crippen LogP contribution in [0.5, 0.6) is 5.75 Å². The van der Waals surface area contributed by atoms with Gasteiger partial charge in [-0.05, 0) is 50.9 Å². The number of carbonyl (C=O) groups excluding carboxylic acids is 3. The molecule has 0 aliphatic carbocycles. The summed E-state index contributed by atoms with van der Waals surface area (Å²) in [7, 11) is 1.51. The summed E-state index contributed by atoms with van der Waals surface area (Å²) in [6.07, 6.45) is 0.340. The molecule has 162 valence electrons. The molecule has 0 fully saturated rings. The maximum Gasteiger partial charge on any atom is 0.272 e. The lowest BCUT2D eigenvalue weighted by Gasteiger charge is -2.32. The fourth-order valence-electron chi connectivity index (χ4n) is 2.88. The number of hydrogen-bond donors (Lipinski definition) is 3. The van der Waals surface area contributed by atoms with Crippen molar-refractivity contribution in [2.45, 2.75) is 45.7 Å². The predicted octanol–water partition coefficient (Wildman–Crippen LogP) is 2.17. The number of ether oxygens (including phenoxy) is 1. The fourth-order valence-corrected chi connectivity index (χ4v) is 3.62. The number of aromatic nitrogens is 1. The molecule has 0 bridgehead atoms. The van der Waals surface area contributed by atoms with E-state index in [0.717, 1.165) is 11.5 Å². The Bertz CT molecular complexity index is 951. The average Bonchev–Trinajstić information content (AvgIpc) is 3.05. The molecule has 3 amide bonds. The Morgan fingerprint density at radius 1 is 1.30 bits per heavy atom. The van der Waals surface area contributed by atoms with Crippen LogP contribution in [-0.2, 0) is 4.79 Å². The molecule has 10 heteroatoms. The number of primary amides is 1. The highest BCUT2D eigenvalue weighted by Gasteiger charge is 2.35. The zero-order chi connectivity index (χ0) is 22.6. The third-order valence-corrected chi connectivity index (χ3v) is 5.06. The van der Waals surface area contributed by atoms with Gasteiger partial charge in [0.25, 0.3) is 11.8 Å². The van der Waals surface area contributed by atoms with Crippen LogP contribution in [0.1, 0.15) is 54.3 Å². The van der Waals surface area contributed by atoms with Crippen LogP contribution in [0.2, 0.25) is 0 Å². The molecule has 5 N–H and O–H groups in total. The van der Waals surface area contributed by atoms with Crippen LogP contribution in [0.15, 0.2) is 24.3 Å². The van der Waals surface area contributed by atoms with Gasteiger partial charge in [0.1, 0.15) is 16.7 Å². The van der Waals surface area contributed by atoms with Gasteiger partial charge in [-0.25, -0.2) is 0 Å². The van der Waals surface area contributed by atoms with Crippen LogP contribution >= 0.6 is 11.5 Å². The summed E-state index contributed by atoms with van der Waals surface area (Å²) in [5.74, 6) is -1.18. The Morgan fingerprint density at radius 3 is 2.47 bits per heavy atom. The molecular weight excluding hydrogens is 406 g/mol. The molecule has 0 radical (unpaired) electrons. The zero-order valence-electron chi connectivity index (χ0n) is 17.7. The number of nitrogens with one attached hydrogen (secondary N) is 1. The Hall–Kier alpha value is -3.14. The van der Waals surface area contributed by atoms with Gasteiger partial charge in [0.2, 0.25) is 5.91 Å². The maximum atomic E-state index is 13.5. The molecule has 1 heterocycles. The SMILES string of the molecule is CCC(C(=O)NC(C)(C)C)N(C(=O)c1snc(C(N)=O)c1N)c1cccc(OC)c1. The van der Waals surface area contributed by atoms with E-state index in [9.17, 15) is 14.4 Å². The first-order valence-electron chi connectivity index (χ1n) is 9.34. The van der Waals surface area contributed by atoms with Gasteiger partial charge in [-0.15, -0.1) is 0 Å². The highest BCUT2D eigenvalue weighted by Crippen LogP contribution is 2.30. The number of benzene rings is 1. The van der Waals surface area contributed by atoms with Crippen molar-refractivity contribution in [1.82, 2.24) is 9.69 Å². The quantitative estimate of drug-likeness (QED) is 0.611. The van der Waals surface area contributed by atoms with Gasteiger partial charge in [0.15, 0.2) is 5.69 Å². The minimum Gasteiger partial charge on any atom is -0.497 e. The van der Waals surface area contributed by atoms with E-state index < -0.39 is 23.4 Å². The summed E-state index contributed by atoms with van der Waals surface area (Å²) >= 11 is 0.768. The van der Waals surface area contributed by atoms with Gasteiger partial charge in [-0.1, -0.05) is 13.0 Å². The van der Waals surface area contributed by atoms with E-state index in [4.69, 9.17) is 16.2 Å². The standard InChI is InChI=1S/C20H27N5O4S/c1-6-13(18(27)23-20(2,3)4)25(11-8-7-9-12(10-11)29-5)19(28)16-14(21)15(17(22)26)24-30-16/h7-10,13H,6,21H2,1-5H3,(H2,22,26)(H,23,27). The summed E-state index contributed by atoms with van der Waals surface area (Å²) in [6.45, 7) is 7.37. The minimum atomic E-state index is -0.831. The number of rotatable bonds is 7. The van der Waals surface area contributed by atoms with Crippen LogP contribution in [0, 0.1) is 0 Å². The van der Waals surface area contributed by atoms with E-state index in [-0.39, 0.29) is 22.2 Å². The maximum absolute atomic E-state index is 13.5. The molecule has 1 unspecified atom stereocenters. The molecular formula is C20H27N5O4S. The molecule has 0 saturated carbocycles. The van der Waals surface area contributed by atoms with Crippen LogP contribution < -0.4 is 26.4 Å². The molecule has 1 aromatic carbocycles. The number of hydrogen-bond acceptors (Lipinski definition) is 7. The Morgan fingerprint density at radius 2 is 1.97 bits per heavy atom. The second kappa shape index (κ2) is 9.12. The first-order valence-corrected chi connectivity index (χ1v) is 10.1. The second-order valence-electron chi connectivity index (χ2n) is 7.68. The van der Waals surface area contributed by atoms with Crippen LogP contribution in [-0.4, -0.2) is 40.8 Å². The van der Waals surface area contributed by atoms with Crippen molar-refractivity contribution in [3.8, 4) is 5.75 Å². The summed E-state index contributed by atoms with van der Waals surface area (Å²) < 4.78 is 9.18. The molecule has 0 aliphatic heterocycles.